The average Bonchev–Trinajstić information content (AvgIpc) is 3.29. The molecule has 0 spiro atoms. The van der Waals surface area contributed by atoms with Crippen LogP contribution in [0.5, 0.6) is 0 Å². The first-order chi connectivity index (χ1) is 31.2. The number of amides is 2. The van der Waals surface area contributed by atoms with Crippen LogP contribution in [0, 0.1) is 6.92 Å². The van der Waals surface area contributed by atoms with Crippen molar-refractivity contribution >= 4 is 51.7 Å². The van der Waals surface area contributed by atoms with E-state index < -0.39 is 43.0 Å². The second-order valence-electron chi connectivity index (χ2n) is 16.8. The number of nitrogens with zero attached hydrogens (tertiary/aromatic N) is 4. The number of hydrogen-bond donors (Lipinski definition) is 10. The van der Waals surface area contributed by atoms with E-state index in [2.05, 4.69) is 55.6 Å². The molecule has 0 unspecified atom stereocenters. The number of rotatable bonds is 28. The summed E-state index contributed by atoms with van der Waals surface area (Å²) >= 11 is 5.99. The molecule has 0 aliphatic heterocycles. The maximum atomic E-state index is 13.2. The van der Waals surface area contributed by atoms with Gasteiger partial charge in [0.15, 0.2) is 22.6 Å². The first kappa shape index (κ1) is 52.8. The third-order valence-corrected chi connectivity index (χ3v) is 11.9. The van der Waals surface area contributed by atoms with Gasteiger partial charge in [0.25, 0.3) is 5.91 Å². The number of nitrogen functional groups attached to an aromatic ring is 1. The number of unbranched alkanes of at least 4 members (excludes halogenated alkanes) is 7. The molecule has 5 atom stereocenters. The monoisotopic (exact) mass is 920 g/mol. The molecule has 13 N–H and O–H groups in total. The van der Waals surface area contributed by atoms with Gasteiger partial charge in [-0.1, -0.05) is 99.2 Å². The zero-order chi connectivity index (χ0) is 47.3. The molecule has 0 bridgehead atoms. The molecule has 356 valence electrons. The molecule has 16 nitrogen and oxygen atoms in total. The summed E-state index contributed by atoms with van der Waals surface area (Å²) in [5.74, 6) is -1.00. The summed E-state index contributed by atoms with van der Waals surface area (Å²) in [6.45, 7) is 5.17. The lowest BCUT2D eigenvalue weighted by Crippen LogP contribution is -2.50. The number of halogens is 1. The van der Waals surface area contributed by atoms with Gasteiger partial charge in [-0.05, 0) is 111 Å². The quantitative estimate of drug-likeness (QED) is 0.0218. The van der Waals surface area contributed by atoms with Crippen molar-refractivity contribution in [2.45, 2.75) is 128 Å². The summed E-state index contributed by atoms with van der Waals surface area (Å²) in [4.78, 5) is 40.2. The maximum absolute atomic E-state index is 13.2. The number of benzene rings is 3. The number of aliphatic imine (C=N–C) groups is 1. The van der Waals surface area contributed by atoms with Crippen LogP contribution < -0.4 is 27.8 Å². The van der Waals surface area contributed by atoms with Gasteiger partial charge in [0, 0.05) is 18.8 Å². The second-order valence-corrected chi connectivity index (χ2v) is 17.1. The number of fused-ring (bicyclic) bond motifs is 1. The van der Waals surface area contributed by atoms with Crippen molar-refractivity contribution in [3.63, 3.8) is 0 Å². The Kier molecular flexibility index (Phi) is 22.5. The molecule has 17 heteroatoms. The highest BCUT2D eigenvalue weighted by Gasteiger charge is 2.31. The lowest BCUT2D eigenvalue weighted by atomic mass is 9.93. The van der Waals surface area contributed by atoms with E-state index >= 15 is 0 Å². The van der Waals surface area contributed by atoms with Gasteiger partial charge < -0.3 is 53.0 Å². The molecule has 4 rings (SSSR count). The molecule has 3 aromatic carbocycles. The lowest BCUT2D eigenvalue weighted by Gasteiger charge is -2.30. The molecule has 1 heterocycles. The lowest BCUT2D eigenvalue weighted by molar-refractivity contribution is -0.119. The van der Waals surface area contributed by atoms with Crippen LogP contribution in [0.3, 0.4) is 0 Å². The second kappa shape index (κ2) is 27.6. The number of nitrogens with one attached hydrogen (secondary N) is 2. The van der Waals surface area contributed by atoms with Crippen molar-refractivity contribution in [1.29, 1.82) is 0 Å². The molecule has 0 fully saturated rings. The number of guanidine groups is 1. The Bertz CT molecular complexity index is 2130. The van der Waals surface area contributed by atoms with Crippen molar-refractivity contribution in [2.24, 2.45) is 16.5 Å². The van der Waals surface area contributed by atoms with Crippen LogP contribution in [0.15, 0.2) is 65.7 Å². The molecule has 0 aliphatic carbocycles. The summed E-state index contributed by atoms with van der Waals surface area (Å²) in [6, 6.07) is 19.3. The van der Waals surface area contributed by atoms with Crippen molar-refractivity contribution in [3.8, 4) is 0 Å². The van der Waals surface area contributed by atoms with E-state index in [1.807, 2.05) is 42.5 Å². The predicted molar refractivity (Wildman–Crippen MR) is 258 cm³/mol. The molecule has 4 aromatic rings. The Labute approximate surface area is 387 Å². The topological polar surface area (TPSA) is 279 Å². The van der Waals surface area contributed by atoms with Crippen LogP contribution in [0.1, 0.15) is 104 Å². The van der Waals surface area contributed by atoms with Crippen LogP contribution in [0.4, 0.5) is 11.5 Å². The normalized spacial score (nSPS) is 14.3. The summed E-state index contributed by atoms with van der Waals surface area (Å²) in [6.07, 6.45) is 5.87. The summed E-state index contributed by atoms with van der Waals surface area (Å²) in [7, 11) is 0. The fourth-order valence-electron chi connectivity index (χ4n) is 7.67. The van der Waals surface area contributed by atoms with E-state index in [0.717, 1.165) is 106 Å². The highest BCUT2D eigenvalue weighted by Crippen LogP contribution is 2.26. The molecule has 65 heavy (non-hydrogen) atoms. The number of aliphatic hydroxyl groups excluding tert-OH is 5. The molecular formula is C48H70ClN9O7. The Morgan fingerprint density at radius 1 is 0.800 bits per heavy atom. The Morgan fingerprint density at radius 3 is 2.09 bits per heavy atom. The largest absolute Gasteiger partial charge is 0.394 e. The number of carbonyl (C=O) groups excluding carboxylic acids is 2. The van der Waals surface area contributed by atoms with Crippen LogP contribution in [0.25, 0.3) is 10.8 Å². The Morgan fingerprint density at radius 2 is 1.42 bits per heavy atom. The first-order valence-electron chi connectivity index (χ1n) is 22.8. The number of carbonyl (C=O) groups is 2. The highest BCUT2D eigenvalue weighted by molar-refractivity contribution is 6.30. The maximum Gasteiger partial charge on any atom is 0.280 e. The van der Waals surface area contributed by atoms with Crippen molar-refractivity contribution in [3.05, 3.63) is 93.9 Å². The molecule has 0 saturated heterocycles. The summed E-state index contributed by atoms with van der Waals surface area (Å²) in [5, 5.41) is 57.4. The van der Waals surface area contributed by atoms with Crippen molar-refractivity contribution in [2.75, 3.05) is 43.8 Å². The smallest absolute Gasteiger partial charge is 0.280 e. The molecule has 1 aromatic heterocycles. The number of hydrogen-bond acceptors (Lipinski definition) is 13. The van der Waals surface area contributed by atoms with Crippen molar-refractivity contribution in [1.82, 2.24) is 20.2 Å². The molecular weight excluding hydrogens is 850 g/mol. The van der Waals surface area contributed by atoms with Gasteiger partial charge in [-0.3, -0.25) is 19.9 Å². The SMILES string of the molecule is CCCCCCN(CCCCCCc1ccc(NC(=O)[C@@H](N)Cc2ccc(CCCCN=C(N)NC(=O)c3nc(Cl)c(C)nc3N)c3ccccc23)cc1)C[C@H](O)[C@@H](O)[C@H](O)[C@H](O)CO. The number of nitrogens with two attached hydrogens (primary N) is 3. The van der Waals surface area contributed by atoms with Gasteiger partial charge in [0.1, 0.15) is 18.3 Å². The van der Waals surface area contributed by atoms with Gasteiger partial charge in [0.2, 0.25) is 5.91 Å². The van der Waals surface area contributed by atoms with Gasteiger partial charge in [0.05, 0.1) is 24.4 Å². The van der Waals surface area contributed by atoms with E-state index in [1.165, 1.54) is 11.1 Å². The number of aromatic nitrogens is 2. The van der Waals surface area contributed by atoms with E-state index in [-0.39, 0.29) is 35.1 Å². The Balaban J connectivity index is 1.19. The fourth-order valence-corrected chi connectivity index (χ4v) is 7.80. The van der Waals surface area contributed by atoms with E-state index in [0.29, 0.717) is 24.3 Å². The minimum atomic E-state index is -1.63. The van der Waals surface area contributed by atoms with E-state index in [1.54, 1.807) is 6.92 Å². The van der Waals surface area contributed by atoms with Gasteiger partial charge in [-0.25, -0.2) is 9.97 Å². The van der Waals surface area contributed by atoms with Gasteiger partial charge >= 0.3 is 0 Å². The van der Waals surface area contributed by atoms with Gasteiger partial charge in [-0.15, -0.1) is 0 Å². The van der Waals surface area contributed by atoms with E-state index in [4.69, 9.17) is 33.9 Å². The first-order valence-corrected chi connectivity index (χ1v) is 23.2. The summed E-state index contributed by atoms with van der Waals surface area (Å²) in [5.41, 5.74) is 22.5. The molecule has 2 amide bonds. The highest BCUT2D eigenvalue weighted by atomic mass is 35.5. The minimum absolute atomic E-state index is 0.0492. The van der Waals surface area contributed by atoms with Crippen LogP contribution >= 0.6 is 11.6 Å². The van der Waals surface area contributed by atoms with Crippen LogP contribution in [0.2, 0.25) is 5.15 Å². The van der Waals surface area contributed by atoms with Crippen LogP contribution in [-0.4, -0.2) is 121 Å². The zero-order valence-electron chi connectivity index (χ0n) is 37.8. The zero-order valence-corrected chi connectivity index (χ0v) is 38.6. The number of aryl methyl sites for hydroxylation is 3. The number of anilines is 2. The van der Waals surface area contributed by atoms with E-state index in [9.17, 15) is 30.0 Å². The Hall–Kier alpha value is -4.78. The third kappa shape index (κ3) is 17.2. The van der Waals surface area contributed by atoms with Crippen LogP contribution in [-0.2, 0) is 24.1 Å². The predicted octanol–water partition coefficient (Wildman–Crippen LogP) is 4.17. The minimum Gasteiger partial charge on any atom is -0.394 e. The van der Waals surface area contributed by atoms with Gasteiger partial charge in [-0.2, -0.15) is 0 Å². The standard InChI is InChI=1S/C48H70ClN9O7/c1-3-4-5-13-26-58(29-39(60)42(62)43(63)40(61)30-59)27-14-7-6-8-15-32-19-23-35(24-20-32)55-46(64)38(50)28-34-22-21-33(36-17-9-10-18-37(34)36)16-11-12-25-53-48(52)57-47(65)41-45(51)54-31(2)44(49)56-41/h9-10,17-24,38-40,42-43,59-63H,3-8,11-16,25-30,50H2,1-2H3,(H2,51,54)(H,55,64)(H3,52,53,57,65)/t38-,39-,40+,42+,43+/m0/s1. The third-order valence-electron chi connectivity index (χ3n) is 11.5. The number of aliphatic hydroxyl groups is 5. The average molecular weight is 921 g/mol. The van der Waals surface area contributed by atoms with Crippen molar-refractivity contribution < 1.29 is 35.1 Å². The molecule has 0 aliphatic rings. The fraction of sp³-hybridized carbons (Fsp3) is 0.521. The summed E-state index contributed by atoms with van der Waals surface area (Å²) < 4.78 is 0. The molecule has 0 saturated carbocycles. The molecule has 0 radical (unpaired) electrons.